The van der Waals surface area contributed by atoms with Crippen molar-refractivity contribution in [2.24, 2.45) is 23.2 Å². The van der Waals surface area contributed by atoms with Crippen LogP contribution in [0.5, 0.6) is 5.75 Å². The molecule has 232 valence electrons. The minimum absolute atomic E-state index is 0.0530. The Bertz CT molecular complexity index is 1440. The van der Waals surface area contributed by atoms with E-state index in [1.807, 2.05) is 72.8 Å². The van der Waals surface area contributed by atoms with Crippen LogP contribution in [0.2, 0.25) is 0 Å². The second-order valence-corrected chi connectivity index (χ2v) is 13.7. The summed E-state index contributed by atoms with van der Waals surface area (Å²) in [6.45, 7) is 2.96. The van der Waals surface area contributed by atoms with Gasteiger partial charge in [-0.2, -0.15) is 0 Å². The van der Waals surface area contributed by atoms with Gasteiger partial charge in [-0.25, -0.2) is 0 Å². The van der Waals surface area contributed by atoms with E-state index in [0.29, 0.717) is 36.5 Å². The van der Waals surface area contributed by atoms with E-state index in [9.17, 15) is 19.8 Å². The Kier molecular flexibility index (Phi) is 9.20. The fourth-order valence-corrected chi connectivity index (χ4v) is 8.79. The van der Waals surface area contributed by atoms with Gasteiger partial charge in [0, 0.05) is 0 Å². The van der Waals surface area contributed by atoms with Gasteiger partial charge in [0.25, 0.3) is 0 Å². The normalized spacial score (nSPS) is 27.9. The number of fused-ring (bicyclic) bond motifs is 5. The molecule has 0 bridgehead atoms. The maximum absolute atomic E-state index is 13.3. The summed E-state index contributed by atoms with van der Waals surface area (Å²) >= 11 is 0. The minimum Gasteiger partial charge on any atom is -0.508 e. The van der Waals surface area contributed by atoms with Crippen LogP contribution in [0.25, 0.3) is 0 Å². The van der Waals surface area contributed by atoms with E-state index < -0.39 is 6.04 Å². The van der Waals surface area contributed by atoms with Crippen LogP contribution in [0, 0.1) is 23.2 Å². The summed E-state index contributed by atoms with van der Waals surface area (Å²) in [5, 5.41) is 27.7. The number of aromatic hydroxyl groups is 1. The van der Waals surface area contributed by atoms with E-state index in [0.717, 1.165) is 56.1 Å². The third-order valence-corrected chi connectivity index (χ3v) is 11.0. The maximum Gasteiger partial charge on any atom is 0.244 e. The topological polar surface area (TPSA) is 98.7 Å². The monoisotopic (exact) mass is 594 g/mol. The van der Waals surface area contributed by atoms with Gasteiger partial charge in [-0.05, 0) is 121 Å². The number of hydrogen-bond acceptors (Lipinski definition) is 5. The van der Waals surface area contributed by atoms with Gasteiger partial charge in [0.1, 0.15) is 5.75 Å². The van der Waals surface area contributed by atoms with Crippen LogP contribution >= 0.6 is 0 Å². The van der Waals surface area contributed by atoms with Gasteiger partial charge < -0.3 is 15.5 Å². The Morgan fingerprint density at radius 3 is 2.45 bits per heavy atom. The number of amides is 2. The van der Waals surface area contributed by atoms with Crippen LogP contribution in [0.15, 0.2) is 78.9 Å². The van der Waals surface area contributed by atoms with Crippen molar-refractivity contribution in [2.45, 2.75) is 82.8 Å². The molecule has 4 N–H and O–H groups in total. The van der Waals surface area contributed by atoms with Gasteiger partial charge in [-0.15, -0.1) is 0 Å². The van der Waals surface area contributed by atoms with Gasteiger partial charge in [0.05, 0.1) is 18.6 Å². The number of carbonyl (C=O) groups is 2. The first-order valence-electron chi connectivity index (χ1n) is 16.5. The molecule has 6 heteroatoms. The number of carbonyl (C=O) groups excluding carboxylic acids is 2. The smallest absolute Gasteiger partial charge is 0.244 e. The summed E-state index contributed by atoms with van der Waals surface area (Å²) in [4.78, 5) is 25.9. The van der Waals surface area contributed by atoms with Crippen molar-refractivity contribution in [2.75, 3.05) is 6.54 Å². The highest BCUT2D eigenvalue weighted by Gasteiger charge is 2.57. The molecule has 0 spiro atoms. The molecule has 3 aliphatic rings. The van der Waals surface area contributed by atoms with Gasteiger partial charge in [0.15, 0.2) is 0 Å². The largest absolute Gasteiger partial charge is 0.508 e. The number of nitrogens with one attached hydrogen (secondary N) is 2. The van der Waals surface area contributed by atoms with Crippen LogP contribution in [0.1, 0.15) is 73.6 Å². The van der Waals surface area contributed by atoms with E-state index in [-0.39, 0.29) is 35.7 Å². The van der Waals surface area contributed by atoms with Crippen LogP contribution in [0.4, 0.5) is 0 Å². The highest BCUT2D eigenvalue weighted by molar-refractivity contribution is 5.98. The van der Waals surface area contributed by atoms with Crippen molar-refractivity contribution >= 4 is 11.8 Å². The molecule has 3 aromatic rings. The minimum atomic E-state index is -0.520. The summed E-state index contributed by atoms with van der Waals surface area (Å²) in [5.74, 6) is 1.61. The number of aliphatic hydroxyl groups is 1. The third kappa shape index (κ3) is 6.47. The first-order valence-corrected chi connectivity index (χ1v) is 16.5. The lowest BCUT2D eigenvalue weighted by atomic mass is 9.55. The average molecular weight is 595 g/mol. The summed E-state index contributed by atoms with van der Waals surface area (Å²) in [5.41, 5.74) is 4.57. The summed E-state index contributed by atoms with van der Waals surface area (Å²) < 4.78 is 0. The summed E-state index contributed by atoms with van der Waals surface area (Å²) in [7, 11) is 0. The molecule has 6 rings (SSSR count). The van der Waals surface area contributed by atoms with Gasteiger partial charge in [-0.3, -0.25) is 14.9 Å². The molecular formula is C38H46N2O4. The van der Waals surface area contributed by atoms with Crippen LogP contribution in [-0.2, 0) is 28.9 Å². The van der Waals surface area contributed by atoms with Crippen molar-refractivity contribution < 1.29 is 19.8 Å². The molecule has 2 amide bonds. The predicted octanol–water partition coefficient (Wildman–Crippen LogP) is 5.70. The zero-order valence-corrected chi connectivity index (χ0v) is 25.8. The number of aliphatic hydroxyl groups excluding tert-OH is 1. The highest BCUT2D eigenvalue weighted by Crippen LogP contribution is 2.62. The molecule has 7 atom stereocenters. The lowest BCUT2D eigenvalue weighted by Gasteiger charge is -2.50. The van der Waals surface area contributed by atoms with Crippen molar-refractivity contribution in [3.05, 3.63) is 101 Å². The number of phenolic OH excluding ortho intramolecular Hbond substituents is 1. The van der Waals surface area contributed by atoms with E-state index in [1.165, 1.54) is 11.1 Å². The molecule has 2 saturated carbocycles. The molecule has 44 heavy (non-hydrogen) atoms. The van der Waals surface area contributed by atoms with Gasteiger partial charge in [-0.1, -0.05) is 73.7 Å². The number of benzene rings is 3. The quantitative estimate of drug-likeness (QED) is 0.226. The highest BCUT2D eigenvalue weighted by atomic mass is 16.3. The summed E-state index contributed by atoms with van der Waals surface area (Å²) in [6.07, 6.45) is 7.43. The molecule has 0 radical (unpaired) electrons. The lowest BCUT2D eigenvalue weighted by Crippen LogP contribution is -2.48. The molecule has 0 aliphatic heterocycles. The predicted molar refractivity (Wildman–Crippen MR) is 172 cm³/mol. The maximum atomic E-state index is 13.3. The van der Waals surface area contributed by atoms with Crippen molar-refractivity contribution in [1.82, 2.24) is 10.6 Å². The average Bonchev–Trinajstić information content (AvgIpc) is 3.28. The third-order valence-electron chi connectivity index (χ3n) is 11.0. The first kappa shape index (κ1) is 30.5. The standard InChI is InChI=1S/C38H46N2O4/c1-38-19-18-31-30-17-15-29(41)23-27(30)14-16-32(31)33(38)24-28(36(38)43)13-8-20-39-34(21-25-9-4-2-5-10-25)37(44)40-35(42)22-26-11-6-3-7-12-26/h2-7,9-12,15,17,23,28,31-34,36,39,41,43H,8,13-14,16,18-22,24H2,1H3,(H,40,42,44)/t28-,31+,32+,33-,34-,36-,38-/m0/s1. The Labute approximate surface area is 261 Å². The molecule has 2 fully saturated rings. The first-order chi connectivity index (χ1) is 21.3. The number of aryl methyl sites for hydroxylation is 1. The van der Waals surface area contributed by atoms with E-state index >= 15 is 0 Å². The van der Waals surface area contributed by atoms with Crippen molar-refractivity contribution in [3.63, 3.8) is 0 Å². The Hall–Kier alpha value is -3.48. The van der Waals surface area contributed by atoms with Crippen molar-refractivity contribution in [1.29, 1.82) is 0 Å². The molecule has 0 aromatic heterocycles. The Balaban J connectivity index is 1.05. The SMILES string of the molecule is C[C@]12CC[C@@H]3c4ccc(O)cc4CC[C@H]3[C@@H]1C[C@H](CCCN[C@@H](Cc1ccccc1)C(=O)NC(=O)Cc1ccccc1)[C@@H]2O. The van der Waals surface area contributed by atoms with Gasteiger partial charge in [0.2, 0.25) is 11.8 Å². The van der Waals surface area contributed by atoms with E-state index in [4.69, 9.17) is 0 Å². The fourth-order valence-electron chi connectivity index (χ4n) is 8.79. The number of rotatable bonds is 10. The Morgan fingerprint density at radius 1 is 0.977 bits per heavy atom. The Morgan fingerprint density at radius 2 is 1.70 bits per heavy atom. The lowest BCUT2D eigenvalue weighted by molar-refractivity contribution is -0.131. The molecule has 3 aliphatic carbocycles. The number of imide groups is 1. The zero-order chi connectivity index (χ0) is 30.7. The molecule has 0 saturated heterocycles. The molecule has 0 heterocycles. The molecule has 6 nitrogen and oxygen atoms in total. The van der Waals surface area contributed by atoms with E-state index in [2.05, 4.69) is 23.6 Å². The molecule has 3 aromatic carbocycles. The second kappa shape index (κ2) is 13.3. The van der Waals surface area contributed by atoms with Crippen LogP contribution in [-0.4, -0.2) is 40.7 Å². The zero-order valence-electron chi connectivity index (χ0n) is 25.8. The summed E-state index contributed by atoms with van der Waals surface area (Å²) in [6, 6.07) is 24.7. The fraction of sp³-hybridized carbons (Fsp3) is 0.474. The van der Waals surface area contributed by atoms with Crippen molar-refractivity contribution in [3.8, 4) is 5.75 Å². The number of hydrogen-bond donors (Lipinski definition) is 4. The second-order valence-electron chi connectivity index (χ2n) is 13.7. The molecule has 0 unspecified atom stereocenters. The van der Waals surface area contributed by atoms with Gasteiger partial charge >= 0.3 is 0 Å². The van der Waals surface area contributed by atoms with Crippen LogP contribution in [0.3, 0.4) is 0 Å². The van der Waals surface area contributed by atoms with Crippen LogP contribution < -0.4 is 10.6 Å². The molecular weight excluding hydrogens is 548 g/mol. The number of phenols is 1. The van der Waals surface area contributed by atoms with E-state index in [1.54, 1.807) is 0 Å².